The molecular weight excluding hydrogens is 364 g/mol. The molecule has 0 unspecified atom stereocenters. The van der Waals surface area contributed by atoms with Crippen LogP contribution in [0, 0.1) is 17.0 Å². The second-order valence-electron chi connectivity index (χ2n) is 5.71. The lowest BCUT2D eigenvalue weighted by Gasteiger charge is -2.09. The monoisotopic (exact) mass is 380 g/mol. The van der Waals surface area contributed by atoms with E-state index in [0.717, 1.165) is 5.56 Å². The lowest BCUT2D eigenvalue weighted by Crippen LogP contribution is -2.14. The Kier molecular flexibility index (Phi) is 5.77. The normalized spacial score (nSPS) is 10.4. The van der Waals surface area contributed by atoms with Crippen LogP contribution in [0.15, 0.2) is 66.1 Å². The molecule has 2 heterocycles. The summed E-state index contributed by atoms with van der Waals surface area (Å²) in [5.74, 6) is 0.286. The SMILES string of the molecule is Cc1ccc(NC(=O)c2cccnc2SCc2ccncc2)cc1[N+](=O)[O-]. The van der Waals surface area contributed by atoms with E-state index in [4.69, 9.17) is 0 Å². The minimum absolute atomic E-state index is 0.0359. The zero-order valence-corrected chi connectivity index (χ0v) is 15.3. The molecule has 27 heavy (non-hydrogen) atoms. The van der Waals surface area contributed by atoms with E-state index < -0.39 is 4.92 Å². The van der Waals surface area contributed by atoms with E-state index in [9.17, 15) is 14.9 Å². The Morgan fingerprint density at radius 3 is 2.70 bits per heavy atom. The molecule has 0 saturated heterocycles. The second-order valence-corrected chi connectivity index (χ2v) is 6.68. The number of amides is 1. The Morgan fingerprint density at radius 1 is 1.19 bits per heavy atom. The third-order valence-corrected chi connectivity index (χ3v) is 4.88. The van der Waals surface area contributed by atoms with Crippen molar-refractivity contribution in [2.75, 3.05) is 5.32 Å². The van der Waals surface area contributed by atoms with Crippen molar-refractivity contribution in [2.24, 2.45) is 0 Å². The summed E-state index contributed by atoms with van der Waals surface area (Å²) in [6.07, 6.45) is 5.06. The average Bonchev–Trinajstić information content (AvgIpc) is 2.68. The van der Waals surface area contributed by atoms with E-state index in [-0.39, 0.29) is 11.6 Å². The van der Waals surface area contributed by atoms with Gasteiger partial charge in [0, 0.05) is 41.7 Å². The van der Waals surface area contributed by atoms with Crippen molar-refractivity contribution in [3.63, 3.8) is 0 Å². The summed E-state index contributed by atoms with van der Waals surface area (Å²) in [5.41, 5.74) is 2.35. The molecule has 3 aromatic rings. The molecule has 0 spiro atoms. The van der Waals surface area contributed by atoms with Crippen molar-refractivity contribution >= 4 is 29.0 Å². The summed E-state index contributed by atoms with van der Waals surface area (Å²) in [5, 5.41) is 14.4. The maximum absolute atomic E-state index is 12.7. The molecule has 136 valence electrons. The van der Waals surface area contributed by atoms with Gasteiger partial charge in [0.2, 0.25) is 0 Å². The Labute approximate surface area is 160 Å². The molecule has 1 N–H and O–H groups in total. The largest absolute Gasteiger partial charge is 0.322 e. The number of nitrogens with zero attached hydrogens (tertiary/aromatic N) is 3. The molecule has 0 atom stereocenters. The highest BCUT2D eigenvalue weighted by atomic mass is 32.2. The van der Waals surface area contributed by atoms with Gasteiger partial charge in [-0.15, -0.1) is 11.8 Å². The number of carbonyl (C=O) groups excluding carboxylic acids is 1. The van der Waals surface area contributed by atoms with Crippen LogP contribution in [0.4, 0.5) is 11.4 Å². The van der Waals surface area contributed by atoms with E-state index in [1.54, 1.807) is 49.8 Å². The first-order valence-corrected chi connectivity index (χ1v) is 9.06. The third-order valence-electron chi connectivity index (χ3n) is 3.80. The highest BCUT2D eigenvalue weighted by Gasteiger charge is 2.16. The molecule has 0 saturated carbocycles. The Morgan fingerprint density at radius 2 is 1.96 bits per heavy atom. The Balaban J connectivity index is 1.77. The number of carbonyl (C=O) groups is 1. The molecule has 0 aliphatic rings. The summed E-state index contributed by atoms with van der Waals surface area (Å²) < 4.78 is 0. The van der Waals surface area contributed by atoms with Gasteiger partial charge in [0.15, 0.2) is 0 Å². The van der Waals surface area contributed by atoms with Crippen molar-refractivity contribution in [2.45, 2.75) is 17.7 Å². The van der Waals surface area contributed by atoms with Crippen molar-refractivity contribution in [3.05, 3.63) is 87.9 Å². The Hall–Kier alpha value is -3.26. The maximum atomic E-state index is 12.7. The van der Waals surface area contributed by atoms with Gasteiger partial charge in [-0.05, 0) is 42.8 Å². The number of benzene rings is 1. The van der Waals surface area contributed by atoms with Crippen molar-refractivity contribution in [3.8, 4) is 0 Å². The summed E-state index contributed by atoms with van der Waals surface area (Å²) >= 11 is 1.44. The van der Waals surface area contributed by atoms with E-state index in [0.29, 0.717) is 27.6 Å². The number of nitro benzene ring substituents is 1. The van der Waals surface area contributed by atoms with Gasteiger partial charge >= 0.3 is 0 Å². The second kappa shape index (κ2) is 8.41. The zero-order chi connectivity index (χ0) is 19.2. The molecule has 1 amide bonds. The molecule has 8 heteroatoms. The van der Waals surface area contributed by atoms with Crippen LogP contribution >= 0.6 is 11.8 Å². The van der Waals surface area contributed by atoms with Gasteiger partial charge in [-0.2, -0.15) is 0 Å². The van der Waals surface area contributed by atoms with Crippen LogP contribution in [-0.2, 0) is 5.75 Å². The fourth-order valence-electron chi connectivity index (χ4n) is 2.39. The summed E-state index contributed by atoms with van der Waals surface area (Å²) in [7, 11) is 0. The predicted octanol–water partition coefficient (Wildman–Crippen LogP) is 4.24. The first-order chi connectivity index (χ1) is 13.0. The van der Waals surface area contributed by atoms with Crippen LogP contribution in [0.25, 0.3) is 0 Å². The van der Waals surface area contributed by atoms with Gasteiger partial charge < -0.3 is 5.32 Å². The lowest BCUT2D eigenvalue weighted by molar-refractivity contribution is -0.385. The fraction of sp³-hybridized carbons (Fsp3) is 0.105. The lowest BCUT2D eigenvalue weighted by atomic mass is 10.1. The van der Waals surface area contributed by atoms with Crippen LogP contribution in [0.5, 0.6) is 0 Å². The van der Waals surface area contributed by atoms with E-state index >= 15 is 0 Å². The highest BCUT2D eigenvalue weighted by Crippen LogP contribution is 2.26. The molecule has 0 aliphatic heterocycles. The number of anilines is 1. The van der Waals surface area contributed by atoms with Gasteiger partial charge in [-0.3, -0.25) is 19.9 Å². The molecule has 1 aromatic carbocycles. The molecular formula is C19H16N4O3S. The fourth-order valence-corrected chi connectivity index (χ4v) is 3.34. The number of aryl methyl sites for hydroxylation is 1. The number of aromatic nitrogens is 2. The first kappa shape index (κ1) is 18.5. The van der Waals surface area contributed by atoms with Crippen molar-refractivity contribution in [1.29, 1.82) is 0 Å². The van der Waals surface area contributed by atoms with E-state index in [1.807, 2.05) is 12.1 Å². The smallest absolute Gasteiger partial charge is 0.274 e. The van der Waals surface area contributed by atoms with E-state index in [2.05, 4.69) is 15.3 Å². The van der Waals surface area contributed by atoms with Gasteiger partial charge in [0.25, 0.3) is 11.6 Å². The number of nitro groups is 1. The maximum Gasteiger partial charge on any atom is 0.274 e. The topological polar surface area (TPSA) is 98.0 Å². The number of nitrogens with one attached hydrogen (secondary N) is 1. The average molecular weight is 380 g/mol. The standard InChI is InChI=1S/C19H16N4O3S/c1-13-4-5-15(11-17(13)23(25)26)22-18(24)16-3-2-8-21-19(16)27-12-14-6-9-20-10-7-14/h2-11H,12H2,1H3,(H,22,24). The number of rotatable bonds is 6. The molecule has 0 radical (unpaired) electrons. The van der Waals surface area contributed by atoms with Crippen LogP contribution in [0.1, 0.15) is 21.5 Å². The van der Waals surface area contributed by atoms with Crippen LogP contribution < -0.4 is 5.32 Å². The molecule has 7 nitrogen and oxygen atoms in total. The first-order valence-electron chi connectivity index (χ1n) is 8.07. The minimum atomic E-state index is -0.467. The van der Waals surface area contributed by atoms with E-state index in [1.165, 1.54) is 17.8 Å². The van der Waals surface area contributed by atoms with Crippen molar-refractivity contribution in [1.82, 2.24) is 9.97 Å². The number of pyridine rings is 2. The number of hydrogen-bond acceptors (Lipinski definition) is 6. The van der Waals surface area contributed by atoms with Gasteiger partial charge in [0.1, 0.15) is 5.03 Å². The van der Waals surface area contributed by atoms with Gasteiger partial charge in [-0.1, -0.05) is 6.07 Å². The summed E-state index contributed by atoms with van der Waals surface area (Å²) in [6.45, 7) is 1.65. The van der Waals surface area contributed by atoms with Crippen LogP contribution in [0.3, 0.4) is 0 Å². The minimum Gasteiger partial charge on any atom is -0.322 e. The Bertz CT molecular complexity index is 980. The molecule has 2 aromatic heterocycles. The number of hydrogen-bond donors (Lipinski definition) is 1. The molecule has 0 fully saturated rings. The summed E-state index contributed by atoms with van der Waals surface area (Å²) in [4.78, 5) is 31.6. The molecule has 0 aliphatic carbocycles. The third kappa shape index (κ3) is 4.68. The predicted molar refractivity (Wildman–Crippen MR) is 104 cm³/mol. The molecule has 0 bridgehead atoms. The quantitative estimate of drug-likeness (QED) is 0.390. The van der Waals surface area contributed by atoms with Crippen LogP contribution in [0.2, 0.25) is 0 Å². The van der Waals surface area contributed by atoms with Gasteiger partial charge in [0.05, 0.1) is 10.5 Å². The number of thioether (sulfide) groups is 1. The molecule has 3 rings (SSSR count). The highest BCUT2D eigenvalue weighted by molar-refractivity contribution is 7.98. The van der Waals surface area contributed by atoms with Crippen LogP contribution in [-0.4, -0.2) is 20.8 Å². The van der Waals surface area contributed by atoms with Crippen molar-refractivity contribution < 1.29 is 9.72 Å². The van der Waals surface area contributed by atoms with Gasteiger partial charge in [-0.25, -0.2) is 4.98 Å². The summed E-state index contributed by atoms with van der Waals surface area (Å²) in [6, 6.07) is 11.8. The zero-order valence-electron chi connectivity index (χ0n) is 14.5.